The molecule has 1 fully saturated rings. The van der Waals surface area contributed by atoms with Gasteiger partial charge >= 0.3 is 5.97 Å². The first-order valence-electron chi connectivity index (χ1n) is 9.05. The fourth-order valence-electron chi connectivity index (χ4n) is 3.30. The van der Waals surface area contributed by atoms with Crippen LogP contribution in [-0.4, -0.2) is 25.0 Å². The van der Waals surface area contributed by atoms with Crippen molar-refractivity contribution in [3.63, 3.8) is 0 Å². The van der Waals surface area contributed by atoms with Gasteiger partial charge in [0, 0.05) is 18.8 Å². The van der Waals surface area contributed by atoms with E-state index in [1.807, 2.05) is 26.0 Å². The molecule has 4 nitrogen and oxygen atoms in total. The lowest BCUT2D eigenvalue weighted by atomic mass is 9.75. The van der Waals surface area contributed by atoms with Crippen molar-refractivity contribution >= 4 is 11.8 Å². The highest BCUT2D eigenvalue weighted by atomic mass is 16.5. The van der Waals surface area contributed by atoms with Crippen LogP contribution in [0.4, 0.5) is 0 Å². The van der Waals surface area contributed by atoms with Crippen LogP contribution >= 0.6 is 0 Å². The van der Waals surface area contributed by atoms with Gasteiger partial charge in [0.15, 0.2) is 0 Å². The SMILES string of the molecule is CCCOC(=O)CCC1CC(c2cccc(OCC)c2)CCC1=O. The Morgan fingerprint density at radius 2 is 2.12 bits per heavy atom. The third-order valence-electron chi connectivity index (χ3n) is 4.57. The van der Waals surface area contributed by atoms with E-state index >= 15 is 0 Å². The van der Waals surface area contributed by atoms with Crippen molar-refractivity contribution in [3.05, 3.63) is 29.8 Å². The number of benzene rings is 1. The van der Waals surface area contributed by atoms with Crippen molar-refractivity contribution in [2.75, 3.05) is 13.2 Å². The van der Waals surface area contributed by atoms with E-state index in [-0.39, 0.29) is 17.7 Å². The van der Waals surface area contributed by atoms with Gasteiger partial charge in [-0.05, 0) is 56.2 Å². The summed E-state index contributed by atoms with van der Waals surface area (Å²) in [7, 11) is 0. The molecule has 1 saturated carbocycles. The Kier molecular flexibility index (Phi) is 7.29. The molecule has 0 radical (unpaired) electrons. The molecule has 24 heavy (non-hydrogen) atoms. The Bertz CT molecular complexity index is 552. The summed E-state index contributed by atoms with van der Waals surface area (Å²) in [5.41, 5.74) is 1.23. The van der Waals surface area contributed by atoms with Gasteiger partial charge in [-0.3, -0.25) is 9.59 Å². The Hall–Kier alpha value is -1.84. The van der Waals surface area contributed by atoms with Crippen LogP contribution in [0.5, 0.6) is 5.75 Å². The molecule has 0 amide bonds. The average Bonchev–Trinajstić information content (AvgIpc) is 2.59. The molecule has 0 N–H and O–H groups in total. The molecule has 1 aliphatic carbocycles. The molecule has 2 unspecified atom stereocenters. The van der Waals surface area contributed by atoms with Crippen molar-refractivity contribution in [2.24, 2.45) is 5.92 Å². The molecule has 0 aromatic heterocycles. The number of ether oxygens (including phenoxy) is 2. The first-order valence-corrected chi connectivity index (χ1v) is 9.05. The third kappa shape index (κ3) is 5.36. The fourth-order valence-corrected chi connectivity index (χ4v) is 3.30. The van der Waals surface area contributed by atoms with Crippen molar-refractivity contribution in [1.29, 1.82) is 0 Å². The zero-order chi connectivity index (χ0) is 17.4. The lowest BCUT2D eigenvalue weighted by Crippen LogP contribution is -2.25. The minimum atomic E-state index is -0.190. The lowest BCUT2D eigenvalue weighted by molar-refractivity contribution is -0.144. The standard InChI is InChI=1S/C20H28O4/c1-3-12-24-20(22)11-9-17-13-16(8-10-19(17)21)15-6-5-7-18(14-15)23-4-2/h5-7,14,16-17H,3-4,8-13H2,1-2H3. The maximum Gasteiger partial charge on any atom is 0.305 e. The second kappa shape index (κ2) is 9.45. The third-order valence-corrected chi connectivity index (χ3v) is 4.57. The molecule has 1 aliphatic rings. The maximum absolute atomic E-state index is 12.2. The van der Waals surface area contributed by atoms with Gasteiger partial charge in [0.2, 0.25) is 0 Å². The first-order chi connectivity index (χ1) is 11.6. The number of carbonyl (C=O) groups is 2. The smallest absolute Gasteiger partial charge is 0.305 e. The highest BCUT2D eigenvalue weighted by Crippen LogP contribution is 2.37. The van der Waals surface area contributed by atoms with Gasteiger partial charge in [0.25, 0.3) is 0 Å². The van der Waals surface area contributed by atoms with Crippen molar-refractivity contribution in [3.8, 4) is 5.75 Å². The van der Waals surface area contributed by atoms with Gasteiger partial charge in [-0.25, -0.2) is 0 Å². The zero-order valence-corrected chi connectivity index (χ0v) is 14.8. The predicted octanol–water partition coefficient (Wildman–Crippen LogP) is 4.27. The summed E-state index contributed by atoms with van der Waals surface area (Å²) in [6.07, 6.45) is 4.05. The molecular weight excluding hydrogens is 304 g/mol. The normalized spacial score (nSPS) is 20.7. The quantitative estimate of drug-likeness (QED) is 0.667. The largest absolute Gasteiger partial charge is 0.494 e. The van der Waals surface area contributed by atoms with Crippen LogP contribution < -0.4 is 4.74 Å². The number of Topliss-reactive ketones (excluding diaryl/α,β-unsaturated/α-hetero) is 1. The van der Waals surface area contributed by atoms with Crippen LogP contribution in [0.15, 0.2) is 24.3 Å². The van der Waals surface area contributed by atoms with E-state index in [1.54, 1.807) is 0 Å². The van der Waals surface area contributed by atoms with Crippen molar-refractivity contribution < 1.29 is 19.1 Å². The molecule has 0 saturated heterocycles. The highest BCUT2D eigenvalue weighted by Gasteiger charge is 2.30. The van der Waals surface area contributed by atoms with Gasteiger partial charge in [-0.15, -0.1) is 0 Å². The summed E-state index contributed by atoms with van der Waals surface area (Å²) in [6, 6.07) is 8.15. The summed E-state index contributed by atoms with van der Waals surface area (Å²) in [6.45, 7) is 5.05. The van der Waals surface area contributed by atoms with Gasteiger partial charge in [-0.1, -0.05) is 19.1 Å². The molecule has 0 spiro atoms. The molecule has 0 heterocycles. The van der Waals surface area contributed by atoms with Crippen LogP contribution in [0.1, 0.15) is 63.9 Å². The first kappa shape index (κ1) is 18.5. The Morgan fingerprint density at radius 3 is 2.88 bits per heavy atom. The summed E-state index contributed by atoms with van der Waals surface area (Å²) in [4.78, 5) is 23.9. The maximum atomic E-state index is 12.2. The number of rotatable bonds is 8. The minimum Gasteiger partial charge on any atom is -0.494 e. The molecule has 1 aromatic carbocycles. The zero-order valence-electron chi connectivity index (χ0n) is 14.8. The summed E-state index contributed by atoms with van der Waals surface area (Å²) < 4.78 is 10.7. The monoisotopic (exact) mass is 332 g/mol. The summed E-state index contributed by atoms with van der Waals surface area (Å²) >= 11 is 0. The van der Waals surface area contributed by atoms with Crippen LogP contribution in [0.2, 0.25) is 0 Å². The summed E-state index contributed by atoms with van der Waals surface area (Å²) in [5.74, 6) is 1.31. The minimum absolute atomic E-state index is 0.0336. The van der Waals surface area contributed by atoms with E-state index in [0.29, 0.717) is 38.4 Å². The number of carbonyl (C=O) groups excluding carboxylic acids is 2. The van der Waals surface area contributed by atoms with Crippen molar-refractivity contribution in [2.45, 2.75) is 58.3 Å². The van der Waals surface area contributed by atoms with E-state index in [4.69, 9.17) is 9.47 Å². The van der Waals surface area contributed by atoms with Gasteiger partial charge in [0.05, 0.1) is 13.2 Å². The fraction of sp³-hybridized carbons (Fsp3) is 0.600. The number of hydrogen-bond donors (Lipinski definition) is 0. The van der Waals surface area contributed by atoms with E-state index in [2.05, 4.69) is 12.1 Å². The predicted molar refractivity (Wildman–Crippen MR) is 93.2 cm³/mol. The number of esters is 1. The van der Waals surface area contributed by atoms with Gasteiger partial charge in [0.1, 0.15) is 11.5 Å². The number of hydrogen-bond acceptors (Lipinski definition) is 4. The second-order valence-corrected chi connectivity index (χ2v) is 6.40. The van der Waals surface area contributed by atoms with Crippen molar-refractivity contribution in [1.82, 2.24) is 0 Å². The molecular formula is C20H28O4. The Labute approximate surface area is 144 Å². The second-order valence-electron chi connectivity index (χ2n) is 6.40. The Balaban J connectivity index is 1.93. The molecule has 0 aliphatic heterocycles. The molecule has 2 rings (SSSR count). The lowest BCUT2D eigenvalue weighted by Gasteiger charge is -2.28. The van der Waals surface area contributed by atoms with E-state index in [9.17, 15) is 9.59 Å². The number of ketones is 1. The van der Waals surface area contributed by atoms with Crippen LogP contribution in [0, 0.1) is 5.92 Å². The van der Waals surface area contributed by atoms with E-state index in [1.165, 1.54) is 5.56 Å². The molecule has 132 valence electrons. The van der Waals surface area contributed by atoms with E-state index < -0.39 is 0 Å². The molecule has 4 heteroatoms. The molecule has 0 bridgehead atoms. The average molecular weight is 332 g/mol. The Morgan fingerprint density at radius 1 is 1.29 bits per heavy atom. The van der Waals surface area contributed by atoms with Crippen LogP contribution in [0.3, 0.4) is 0 Å². The van der Waals surface area contributed by atoms with Crippen LogP contribution in [0.25, 0.3) is 0 Å². The topological polar surface area (TPSA) is 52.6 Å². The molecule has 2 atom stereocenters. The molecule has 1 aromatic rings. The van der Waals surface area contributed by atoms with Crippen LogP contribution in [-0.2, 0) is 14.3 Å². The van der Waals surface area contributed by atoms with Gasteiger partial charge in [-0.2, -0.15) is 0 Å². The summed E-state index contributed by atoms with van der Waals surface area (Å²) in [5, 5.41) is 0. The highest BCUT2D eigenvalue weighted by molar-refractivity contribution is 5.82. The van der Waals surface area contributed by atoms with E-state index in [0.717, 1.165) is 25.0 Å². The van der Waals surface area contributed by atoms with Gasteiger partial charge < -0.3 is 9.47 Å².